The van der Waals surface area contributed by atoms with Crippen LogP contribution in [0.1, 0.15) is 24.1 Å². The Morgan fingerprint density at radius 2 is 1.80 bits per heavy atom. The first-order valence-electron chi connectivity index (χ1n) is 3.94. The molecular formula is C9H10ClF4N. The zero-order valence-electron chi connectivity index (χ0n) is 7.81. The quantitative estimate of drug-likeness (QED) is 0.753. The van der Waals surface area contributed by atoms with Crippen molar-refractivity contribution in [2.45, 2.75) is 19.1 Å². The predicted octanol–water partition coefficient (Wildman–Crippen LogP) is 3.29. The molecule has 0 aliphatic rings. The van der Waals surface area contributed by atoms with Crippen molar-refractivity contribution >= 4 is 12.4 Å². The van der Waals surface area contributed by atoms with E-state index in [1.807, 2.05) is 0 Å². The highest BCUT2D eigenvalue weighted by Gasteiger charge is 2.34. The molecule has 0 heterocycles. The van der Waals surface area contributed by atoms with E-state index in [0.717, 1.165) is 12.1 Å². The van der Waals surface area contributed by atoms with Crippen molar-refractivity contribution in [3.8, 4) is 0 Å². The lowest BCUT2D eigenvalue weighted by Crippen LogP contribution is -2.15. The van der Waals surface area contributed by atoms with Crippen LogP contribution in [0.5, 0.6) is 0 Å². The summed E-state index contributed by atoms with van der Waals surface area (Å²) >= 11 is 0. The summed E-state index contributed by atoms with van der Waals surface area (Å²) in [6.45, 7) is 1.38. The Morgan fingerprint density at radius 3 is 2.20 bits per heavy atom. The van der Waals surface area contributed by atoms with E-state index >= 15 is 0 Å². The van der Waals surface area contributed by atoms with E-state index in [1.54, 1.807) is 0 Å². The van der Waals surface area contributed by atoms with Crippen LogP contribution < -0.4 is 5.73 Å². The molecule has 0 radical (unpaired) electrons. The molecule has 0 aromatic heterocycles. The Balaban J connectivity index is 0.00000196. The molecule has 86 valence electrons. The van der Waals surface area contributed by atoms with E-state index < -0.39 is 23.6 Å². The summed E-state index contributed by atoms with van der Waals surface area (Å²) < 4.78 is 49.8. The molecule has 1 nitrogen and oxygen atoms in total. The van der Waals surface area contributed by atoms with Gasteiger partial charge in [0.05, 0.1) is 5.56 Å². The van der Waals surface area contributed by atoms with Crippen molar-refractivity contribution in [2.75, 3.05) is 0 Å². The van der Waals surface area contributed by atoms with Gasteiger partial charge in [-0.15, -0.1) is 12.4 Å². The van der Waals surface area contributed by atoms with E-state index in [-0.39, 0.29) is 18.0 Å². The second-order valence-electron chi connectivity index (χ2n) is 3.02. The molecular weight excluding hydrogens is 234 g/mol. The van der Waals surface area contributed by atoms with Gasteiger partial charge in [-0.1, -0.05) is 0 Å². The maximum Gasteiger partial charge on any atom is 0.416 e. The minimum atomic E-state index is -4.49. The third-order valence-electron chi connectivity index (χ3n) is 1.81. The standard InChI is InChI=1S/C9H9F4N.ClH/c1-5(14)7-4-6(10)2-3-8(7)9(11,12)13;/h2-5H,14H2,1H3;1H/t5-;/m0./s1. The summed E-state index contributed by atoms with van der Waals surface area (Å²) in [6.07, 6.45) is -4.49. The minimum absolute atomic E-state index is 0. The molecule has 0 bridgehead atoms. The van der Waals surface area contributed by atoms with Crippen LogP contribution in [-0.2, 0) is 6.18 Å². The van der Waals surface area contributed by atoms with Crippen molar-refractivity contribution < 1.29 is 17.6 Å². The van der Waals surface area contributed by atoms with Crippen LogP contribution in [0.25, 0.3) is 0 Å². The number of benzene rings is 1. The molecule has 0 amide bonds. The van der Waals surface area contributed by atoms with Crippen molar-refractivity contribution in [1.82, 2.24) is 0 Å². The van der Waals surface area contributed by atoms with Crippen LogP contribution in [0.15, 0.2) is 18.2 Å². The van der Waals surface area contributed by atoms with E-state index in [1.165, 1.54) is 6.92 Å². The van der Waals surface area contributed by atoms with Crippen molar-refractivity contribution in [2.24, 2.45) is 5.73 Å². The van der Waals surface area contributed by atoms with Gasteiger partial charge >= 0.3 is 6.18 Å². The number of alkyl halides is 3. The average molecular weight is 244 g/mol. The molecule has 1 aromatic carbocycles. The molecule has 2 N–H and O–H groups in total. The van der Waals surface area contributed by atoms with Gasteiger partial charge < -0.3 is 5.73 Å². The molecule has 0 aliphatic heterocycles. The molecule has 0 saturated carbocycles. The Hall–Kier alpha value is -0.810. The molecule has 1 atom stereocenters. The van der Waals surface area contributed by atoms with Gasteiger partial charge in [0.25, 0.3) is 0 Å². The summed E-state index contributed by atoms with van der Waals surface area (Å²) in [6, 6.07) is 1.44. The Kier molecular flexibility index (Phi) is 4.55. The monoisotopic (exact) mass is 243 g/mol. The third-order valence-corrected chi connectivity index (χ3v) is 1.81. The SMILES string of the molecule is C[C@H](N)c1cc(F)ccc1C(F)(F)F.Cl. The summed E-state index contributed by atoms with van der Waals surface area (Å²) in [5.74, 6) is -0.717. The Labute approximate surface area is 90.7 Å². The normalized spacial score (nSPS) is 13.2. The summed E-state index contributed by atoms with van der Waals surface area (Å²) in [5.41, 5.74) is 4.21. The zero-order valence-corrected chi connectivity index (χ0v) is 8.62. The van der Waals surface area contributed by atoms with E-state index in [4.69, 9.17) is 5.73 Å². The van der Waals surface area contributed by atoms with Gasteiger partial charge in [-0.25, -0.2) is 4.39 Å². The average Bonchev–Trinajstić information content (AvgIpc) is 2.01. The van der Waals surface area contributed by atoms with Crippen LogP contribution in [0.2, 0.25) is 0 Å². The van der Waals surface area contributed by atoms with Gasteiger partial charge in [0.15, 0.2) is 0 Å². The Morgan fingerprint density at radius 1 is 1.27 bits per heavy atom. The highest BCUT2D eigenvalue weighted by atomic mass is 35.5. The van der Waals surface area contributed by atoms with Crippen molar-refractivity contribution in [1.29, 1.82) is 0 Å². The molecule has 0 aliphatic carbocycles. The number of halogens is 5. The van der Waals surface area contributed by atoms with Gasteiger partial charge in [0, 0.05) is 6.04 Å². The summed E-state index contributed by atoms with van der Waals surface area (Å²) in [4.78, 5) is 0. The first-order valence-corrected chi connectivity index (χ1v) is 3.94. The smallest absolute Gasteiger partial charge is 0.324 e. The number of hydrogen-bond donors (Lipinski definition) is 1. The fraction of sp³-hybridized carbons (Fsp3) is 0.333. The van der Waals surface area contributed by atoms with Gasteiger partial charge in [0.1, 0.15) is 5.82 Å². The van der Waals surface area contributed by atoms with E-state index in [2.05, 4.69) is 0 Å². The lowest BCUT2D eigenvalue weighted by molar-refractivity contribution is -0.138. The second kappa shape index (κ2) is 4.81. The molecule has 1 aromatic rings. The first-order chi connectivity index (χ1) is 6.32. The zero-order chi connectivity index (χ0) is 10.9. The van der Waals surface area contributed by atoms with Gasteiger partial charge in [-0.05, 0) is 30.7 Å². The maximum absolute atomic E-state index is 12.7. The topological polar surface area (TPSA) is 26.0 Å². The van der Waals surface area contributed by atoms with Crippen LogP contribution in [0, 0.1) is 5.82 Å². The fourth-order valence-electron chi connectivity index (χ4n) is 1.17. The van der Waals surface area contributed by atoms with Crippen LogP contribution in [0.4, 0.5) is 17.6 Å². The number of rotatable bonds is 1. The van der Waals surface area contributed by atoms with Crippen molar-refractivity contribution in [3.05, 3.63) is 35.1 Å². The first kappa shape index (κ1) is 14.2. The molecule has 6 heteroatoms. The largest absolute Gasteiger partial charge is 0.416 e. The summed E-state index contributed by atoms with van der Waals surface area (Å²) in [7, 11) is 0. The van der Waals surface area contributed by atoms with E-state index in [9.17, 15) is 17.6 Å². The van der Waals surface area contributed by atoms with Crippen LogP contribution >= 0.6 is 12.4 Å². The molecule has 0 spiro atoms. The minimum Gasteiger partial charge on any atom is -0.324 e. The Bertz CT molecular complexity index is 335. The van der Waals surface area contributed by atoms with Crippen LogP contribution in [-0.4, -0.2) is 0 Å². The molecule has 0 unspecified atom stereocenters. The lowest BCUT2D eigenvalue weighted by Gasteiger charge is -2.15. The predicted molar refractivity (Wildman–Crippen MR) is 51.3 cm³/mol. The molecule has 1 rings (SSSR count). The highest BCUT2D eigenvalue weighted by molar-refractivity contribution is 5.85. The molecule has 0 fully saturated rings. The maximum atomic E-state index is 12.7. The summed E-state index contributed by atoms with van der Waals surface area (Å²) in [5, 5.41) is 0. The van der Waals surface area contributed by atoms with Crippen molar-refractivity contribution in [3.63, 3.8) is 0 Å². The van der Waals surface area contributed by atoms with E-state index in [0.29, 0.717) is 6.07 Å². The van der Waals surface area contributed by atoms with Gasteiger partial charge in [-0.3, -0.25) is 0 Å². The number of hydrogen-bond acceptors (Lipinski definition) is 1. The molecule has 15 heavy (non-hydrogen) atoms. The van der Waals surface area contributed by atoms with Gasteiger partial charge in [-0.2, -0.15) is 13.2 Å². The van der Waals surface area contributed by atoms with Gasteiger partial charge in [0.2, 0.25) is 0 Å². The number of nitrogens with two attached hydrogens (primary N) is 1. The fourth-order valence-corrected chi connectivity index (χ4v) is 1.17. The third kappa shape index (κ3) is 3.35. The highest BCUT2D eigenvalue weighted by Crippen LogP contribution is 2.34. The lowest BCUT2D eigenvalue weighted by atomic mass is 10.0. The second-order valence-corrected chi connectivity index (χ2v) is 3.02. The molecule has 0 saturated heterocycles. The van der Waals surface area contributed by atoms with Crippen LogP contribution in [0.3, 0.4) is 0 Å².